The highest BCUT2D eigenvalue weighted by Crippen LogP contribution is 2.23. The highest BCUT2D eigenvalue weighted by atomic mass is 15.3. The van der Waals surface area contributed by atoms with Gasteiger partial charge >= 0.3 is 0 Å². The molecule has 1 aliphatic rings. The van der Waals surface area contributed by atoms with E-state index in [4.69, 9.17) is 10.7 Å². The van der Waals surface area contributed by atoms with Gasteiger partial charge < -0.3 is 10.6 Å². The van der Waals surface area contributed by atoms with E-state index >= 15 is 0 Å². The third-order valence-corrected chi connectivity index (χ3v) is 3.77. The van der Waals surface area contributed by atoms with Crippen molar-refractivity contribution in [3.8, 4) is 0 Å². The normalized spacial score (nSPS) is 17.8. The van der Waals surface area contributed by atoms with Gasteiger partial charge in [-0.3, -0.25) is 4.90 Å². The molecule has 0 spiro atoms. The van der Waals surface area contributed by atoms with Gasteiger partial charge in [0.25, 0.3) is 0 Å². The number of nitrogen functional groups attached to an aromatic ring is 1. The average molecular weight is 277 g/mol. The molecule has 0 aliphatic carbocycles. The number of nitrogens with two attached hydrogens (primary N) is 1. The standard InChI is InChI=1S/C15H27N5/c1-11(2)19-6-8-20(9-7-19)13-10-12(16)17-14(18-13)15(3,4)5/h10-11H,6-9H2,1-5H3,(H2,16,17,18). The SMILES string of the molecule is CC(C)N1CCN(c2cc(N)nc(C(C)(C)C)n2)CC1. The van der Waals surface area contributed by atoms with Gasteiger partial charge in [0, 0.05) is 43.7 Å². The van der Waals surface area contributed by atoms with Crippen LogP contribution < -0.4 is 10.6 Å². The molecule has 0 aromatic carbocycles. The summed E-state index contributed by atoms with van der Waals surface area (Å²) in [7, 11) is 0. The summed E-state index contributed by atoms with van der Waals surface area (Å²) in [5.74, 6) is 2.34. The summed E-state index contributed by atoms with van der Waals surface area (Å²) < 4.78 is 0. The lowest BCUT2D eigenvalue weighted by Crippen LogP contribution is -2.49. The maximum atomic E-state index is 5.95. The van der Waals surface area contributed by atoms with E-state index in [-0.39, 0.29) is 5.41 Å². The molecule has 2 rings (SSSR count). The van der Waals surface area contributed by atoms with Crippen LogP contribution in [0.25, 0.3) is 0 Å². The van der Waals surface area contributed by atoms with Crippen LogP contribution in [-0.2, 0) is 5.41 Å². The van der Waals surface area contributed by atoms with Gasteiger partial charge in [0.15, 0.2) is 0 Å². The third kappa shape index (κ3) is 3.39. The number of nitrogens with zero attached hydrogens (tertiary/aromatic N) is 4. The molecule has 0 radical (unpaired) electrons. The molecule has 20 heavy (non-hydrogen) atoms. The zero-order valence-electron chi connectivity index (χ0n) is 13.3. The Balaban J connectivity index is 2.16. The molecular weight excluding hydrogens is 250 g/mol. The van der Waals surface area contributed by atoms with Crippen LogP contribution in [0.15, 0.2) is 6.07 Å². The van der Waals surface area contributed by atoms with Crippen molar-refractivity contribution in [2.24, 2.45) is 0 Å². The summed E-state index contributed by atoms with van der Waals surface area (Å²) in [5, 5.41) is 0. The van der Waals surface area contributed by atoms with E-state index in [0.29, 0.717) is 11.9 Å². The first kappa shape index (κ1) is 15.0. The Morgan fingerprint density at radius 1 is 1.10 bits per heavy atom. The Kier molecular flexibility index (Phi) is 4.18. The van der Waals surface area contributed by atoms with Crippen LogP contribution in [0.1, 0.15) is 40.4 Å². The molecule has 0 saturated carbocycles. The van der Waals surface area contributed by atoms with Crippen molar-refractivity contribution in [3.63, 3.8) is 0 Å². The molecule has 0 amide bonds. The van der Waals surface area contributed by atoms with Gasteiger partial charge in [-0.1, -0.05) is 20.8 Å². The number of anilines is 2. The third-order valence-electron chi connectivity index (χ3n) is 3.77. The average Bonchev–Trinajstić information content (AvgIpc) is 2.37. The summed E-state index contributed by atoms with van der Waals surface area (Å²) in [6, 6.07) is 2.50. The number of aromatic nitrogens is 2. The summed E-state index contributed by atoms with van der Waals surface area (Å²) in [6.45, 7) is 15.0. The fourth-order valence-electron chi connectivity index (χ4n) is 2.42. The van der Waals surface area contributed by atoms with E-state index in [1.54, 1.807) is 0 Å². The molecule has 0 atom stereocenters. The van der Waals surface area contributed by atoms with Crippen LogP contribution in [0.3, 0.4) is 0 Å². The lowest BCUT2D eigenvalue weighted by molar-refractivity contribution is 0.209. The van der Waals surface area contributed by atoms with E-state index in [1.165, 1.54) is 0 Å². The van der Waals surface area contributed by atoms with Gasteiger partial charge in [-0.15, -0.1) is 0 Å². The fourth-order valence-corrected chi connectivity index (χ4v) is 2.42. The minimum absolute atomic E-state index is 0.0795. The van der Waals surface area contributed by atoms with Crippen molar-refractivity contribution in [1.82, 2.24) is 14.9 Å². The van der Waals surface area contributed by atoms with Gasteiger partial charge in [-0.2, -0.15) is 0 Å². The van der Waals surface area contributed by atoms with E-state index in [0.717, 1.165) is 37.8 Å². The maximum absolute atomic E-state index is 5.95. The summed E-state index contributed by atoms with van der Waals surface area (Å²) in [4.78, 5) is 13.9. The van der Waals surface area contributed by atoms with Crippen molar-refractivity contribution in [2.75, 3.05) is 36.8 Å². The Morgan fingerprint density at radius 3 is 2.20 bits per heavy atom. The molecule has 1 aliphatic heterocycles. The van der Waals surface area contributed by atoms with Crippen LogP contribution in [0.5, 0.6) is 0 Å². The molecule has 2 heterocycles. The zero-order chi connectivity index (χ0) is 14.9. The van der Waals surface area contributed by atoms with Crippen molar-refractivity contribution in [3.05, 3.63) is 11.9 Å². The van der Waals surface area contributed by atoms with E-state index < -0.39 is 0 Å². The second kappa shape index (κ2) is 5.56. The fraction of sp³-hybridized carbons (Fsp3) is 0.733. The van der Waals surface area contributed by atoms with Gasteiger partial charge in [0.2, 0.25) is 0 Å². The predicted molar refractivity (Wildman–Crippen MR) is 84.1 cm³/mol. The van der Waals surface area contributed by atoms with Crippen molar-refractivity contribution < 1.29 is 0 Å². The summed E-state index contributed by atoms with van der Waals surface area (Å²) in [5.41, 5.74) is 5.87. The van der Waals surface area contributed by atoms with E-state index in [2.05, 4.69) is 49.4 Å². The molecule has 112 valence electrons. The minimum Gasteiger partial charge on any atom is -0.384 e. The maximum Gasteiger partial charge on any atom is 0.138 e. The van der Waals surface area contributed by atoms with Gasteiger partial charge in [0.05, 0.1) is 0 Å². The molecule has 1 aromatic heterocycles. The van der Waals surface area contributed by atoms with Gasteiger partial charge in [0.1, 0.15) is 17.5 Å². The van der Waals surface area contributed by atoms with Crippen LogP contribution in [-0.4, -0.2) is 47.1 Å². The van der Waals surface area contributed by atoms with Crippen molar-refractivity contribution in [2.45, 2.75) is 46.1 Å². The summed E-state index contributed by atoms with van der Waals surface area (Å²) in [6.07, 6.45) is 0. The van der Waals surface area contributed by atoms with Crippen LogP contribution in [0.2, 0.25) is 0 Å². The molecule has 5 nitrogen and oxygen atoms in total. The smallest absolute Gasteiger partial charge is 0.138 e. The first-order valence-electron chi connectivity index (χ1n) is 7.41. The summed E-state index contributed by atoms with van der Waals surface area (Å²) >= 11 is 0. The van der Waals surface area contributed by atoms with E-state index in [9.17, 15) is 0 Å². The molecule has 2 N–H and O–H groups in total. The number of hydrogen-bond acceptors (Lipinski definition) is 5. The van der Waals surface area contributed by atoms with Crippen LogP contribution in [0.4, 0.5) is 11.6 Å². The molecule has 1 aromatic rings. The van der Waals surface area contributed by atoms with Gasteiger partial charge in [-0.05, 0) is 13.8 Å². The molecule has 1 saturated heterocycles. The van der Waals surface area contributed by atoms with Crippen molar-refractivity contribution >= 4 is 11.6 Å². The molecular formula is C15H27N5. The van der Waals surface area contributed by atoms with Crippen molar-refractivity contribution in [1.29, 1.82) is 0 Å². The molecule has 0 unspecified atom stereocenters. The zero-order valence-corrected chi connectivity index (χ0v) is 13.3. The largest absolute Gasteiger partial charge is 0.384 e. The highest BCUT2D eigenvalue weighted by Gasteiger charge is 2.23. The lowest BCUT2D eigenvalue weighted by Gasteiger charge is -2.37. The number of hydrogen-bond donors (Lipinski definition) is 1. The lowest BCUT2D eigenvalue weighted by atomic mass is 9.96. The van der Waals surface area contributed by atoms with Crippen LogP contribution >= 0.6 is 0 Å². The minimum atomic E-state index is -0.0795. The van der Waals surface area contributed by atoms with Crippen LogP contribution in [0, 0.1) is 0 Å². The molecule has 0 bridgehead atoms. The number of piperazine rings is 1. The Labute approximate surface area is 122 Å². The molecule has 5 heteroatoms. The highest BCUT2D eigenvalue weighted by molar-refractivity contribution is 5.48. The number of rotatable bonds is 2. The second-order valence-electron chi connectivity index (χ2n) is 6.84. The van der Waals surface area contributed by atoms with E-state index in [1.807, 2.05) is 6.07 Å². The first-order valence-corrected chi connectivity index (χ1v) is 7.41. The first-order chi connectivity index (χ1) is 9.27. The monoisotopic (exact) mass is 277 g/mol. The Hall–Kier alpha value is -1.36. The Morgan fingerprint density at radius 2 is 1.70 bits per heavy atom. The predicted octanol–water partition coefficient (Wildman–Crippen LogP) is 1.89. The Bertz CT molecular complexity index is 456. The quantitative estimate of drug-likeness (QED) is 0.894. The second-order valence-corrected chi connectivity index (χ2v) is 6.84. The topological polar surface area (TPSA) is 58.3 Å². The molecule has 1 fully saturated rings. The van der Waals surface area contributed by atoms with Gasteiger partial charge in [-0.25, -0.2) is 9.97 Å².